The second kappa shape index (κ2) is 14.2. The summed E-state index contributed by atoms with van der Waals surface area (Å²) in [5.74, 6) is -1.52. The molecule has 56 heavy (non-hydrogen) atoms. The predicted octanol–water partition coefficient (Wildman–Crippen LogP) is 2.41. The number of fused-ring (bicyclic) bond motifs is 7. The normalized spacial score (nSPS) is 52.3. The summed E-state index contributed by atoms with van der Waals surface area (Å²) >= 11 is 0. The molecule has 0 spiro atoms. The number of carbonyl (C=O) groups is 2. The first-order valence-electron chi connectivity index (χ1n) is 20.8. The fourth-order valence-electron chi connectivity index (χ4n) is 13.5. The van der Waals surface area contributed by atoms with E-state index in [4.69, 9.17) is 18.9 Å². The van der Waals surface area contributed by atoms with E-state index in [-0.39, 0.29) is 33.5 Å². The Morgan fingerprint density at radius 2 is 1.39 bits per heavy atom. The van der Waals surface area contributed by atoms with Crippen molar-refractivity contribution in [1.29, 1.82) is 0 Å². The number of esters is 1. The summed E-state index contributed by atoms with van der Waals surface area (Å²) in [5.41, 5.74) is -0.448. The van der Waals surface area contributed by atoms with Crippen molar-refractivity contribution in [2.24, 2.45) is 50.2 Å². The molecule has 5 aliphatic carbocycles. The number of aliphatic hydroxyl groups is 7. The summed E-state index contributed by atoms with van der Waals surface area (Å²) in [7, 11) is 0. The van der Waals surface area contributed by atoms with Crippen molar-refractivity contribution in [1.82, 2.24) is 0 Å². The lowest BCUT2D eigenvalue weighted by Crippen LogP contribution is -2.66. The standard InChI is InChI=1S/C42H66O14/c1-37(2)14-16-42(36(52)56-34-30(48)27(45)26(44)22(19-43)53-34)17-15-40(6)20(21(42)18-37)8-9-24-39(5)12-11-25(38(3,4)23(39)10-13-41(24,40)7)54-35-31(49)28(46)29(47)32(55-35)33(50)51/h8,21-32,34-35,43-49H,9-19H2,1-7H3,(H,50,51)/t21?,22?,23?,24?,25?,26?,27?,28?,29?,30?,31?,32?,34?,35?,39-,40+,41+,42-/m0/s1. The van der Waals surface area contributed by atoms with E-state index in [9.17, 15) is 50.4 Å². The number of ether oxygens (including phenoxy) is 4. The molecule has 8 N–H and O–H groups in total. The number of allylic oxidation sites excluding steroid dienone is 2. The Bertz CT molecular complexity index is 1560. The smallest absolute Gasteiger partial charge is 0.335 e. The van der Waals surface area contributed by atoms with Gasteiger partial charge in [-0.1, -0.05) is 60.1 Å². The minimum absolute atomic E-state index is 0.0330. The Labute approximate surface area is 329 Å². The highest BCUT2D eigenvalue weighted by Gasteiger charge is 2.70. The average Bonchev–Trinajstić information content (AvgIpc) is 3.12. The van der Waals surface area contributed by atoms with E-state index in [0.717, 1.165) is 44.9 Å². The van der Waals surface area contributed by atoms with Crippen molar-refractivity contribution in [2.75, 3.05) is 6.61 Å². The van der Waals surface area contributed by atoms with Crippen LogP contribution in [0.3, 0.4) is 0 Å². The van der Waals surface area contributed by atoms with Gasteiger partial charge in [0.1, 0.15) is 42.7 Å². The van der Waals surface area contributed by atoms with Gasteiger partial charge in [-0.25, -0.2) is 4.79 Å². The molecule has 14 heteroatoms. The number of aliphatic hydroxyl groups excluding tert-OH is 7. The number of rotatable bonds is 6. The molecule has 2 heterocycles. The van der Waals surface area contributed by atoms with Crippen molar-refractivity contribution in [3.63, 3.8) is 0 Å². The largest absolute Gasteiger partial charge is 0.479 e. The first-order valence-corrected chi connectivity index (χ1v) is 20.8. The molecule has 14 unspecified atom stereocenters. The first-order chi connectivity index (χ1) is 26.0. The molecule has 0 radical (unpaired) electrons. The van der Waals surface area contributed by atoms with Crippen LogP contribution in [0.4, 0.5) is 0 Å². The molecule has 0 amide bonds. The van der Waals surface area contributed by atoms with E-state index in [1.807, 2.05) is 0 Å². The van der Waals surface area contributed by atoms with Gasteiger partial charge in [0.2, 0.25) is 6.29 Å². The lowest BCUT2D eigenvalue weighted by Gasteiger charge is -2.71. The van der Waals surface area contributed by atoms with Crippen molar-refractivity contribution in [2.45, 2.75) is 180 Å². The number of aliphatic carboxylic acids is 1. The third-order valence-electron chi connectivity index (χ3n) is 17.2. The van der Waals surface area contributed by atoms with E-state index >= 15 is 0 Å². The second-order valence-corrected chi connectivity index (χ2v) is 20.7. The van der Waals surface area contributed by atoms with Crippen LogP contribution in [0.5, 0.6) is 0 Å². The summed E-state index contributed by atoms with van der Waals surface area (Å²) < 4.78 is 23.5. The molecular formula is C42H66O14. The number of hydrogen-bond donors (Lipinski definition) is 8. The summed E-state index contributed by atoms with van der Waals surface area (Å²) in [5, 5.41) is 82.4. The summed E-state index contributed by atoms with van der Waals surface area (Å²) in [6.07, 6.45) is -6.14. The topological polar surface area (TPSA) is 233 Å². The van der Waals surface area contributed by atoms with Gasteiger partial charge in [-0.15, -0.1) is 0 Å². The highest BCUT2D eigenvalue weighted by molar-refractivity contribution is 5.79. The van der Waals surface area contributed by atoms with Crippen molar-refractivity contribution in [3.8, 4) is 0 Å². The average molecular weight is 795 g/mol. The molecular weight excluding hydrogens is 728 g/mol. The third-order valence-corrected chi connectivity index (χ3v) is 17.2. The van der Waals surface area contributed by atoms with Crippen LogP contribution in [-0.4, -0.2) is 127 Å². The summed E-state index contributed by atoms with van der Waals surface area (Å²) in [6, 6.07) is 0. The van der Waals surface area contributed by atoms with Crippen LogP contribution < -0.4 is 0 Å². The van der Waals surface area contributed by atoms with Crippen molar-refractivity contribution >= 4 is 11.9 Å². The molecule has 0 aromatic carbocycles. The zero-order chi connectivity index (χ0) is 41.1. The Hall–Kier alpha value is -1.72. The van der Waals surface area contributed by atoms with Gasteiger partial charge in [0.15, 0.2) is 12.4 Å². The molecule has 0 aromatic rings. The molecule has 18 atom stereocenters. The molecule has 318 valence electrons. The molecule has 14 nitrogen and oxygen atoms in total. The molecule has 0 bridgehead atoms. The highest BCUT2D eigenvalue weighted by atomic mass is 16.7. The number of carboxylic acid groups (broad SMARTS) is 1. The van der Waals surface area contributed by atoms with E-state index in [1.54, 1.807) is 0 Å². The maximum Gasteiger partial charge on any atom is 0.335 e. The number of carbonyl (C=O) groups excluding carboxylic acids is 1. The molecule has 4 saturated carbocycles. The SMILES string of the molecule is CC1(C)CC[C@]2(C(=O)OC3OC(CO)C(O)C(O)C3O)CC[C@]3(C)C(=CCC4[C@@]5(C)CCC(OC6OC(C(=O)O)C(O)C(O)C6O)C(C)(C)C5CC[C@]43C)C2C1. The predicted molar refractivity (Wildman–Crippen MR) is 198 cm³/mol. The molecule has 0 aromatic heterocycles. The maximum absolute atomic E-state index is 14.6. The molecule has 2 aliphatic heterocycles. The summed E-state index contributed by atoms with van der Waals surface area (Å²) in [4.78, 5) is 26.4. The Morgan fingerprint density at radius 3 is 2.05 bits per heavy atom. The first kappa shape index (κ1) is 42.4. The monoisotopic (exact) mass is 794 g/mol. The minimum Gasteiger partial charge on any atom is -0.479 e. The Balaban J connectivity index is 1.16. The minimum atomic E-state index is -1.79. The van der Waals surface area contributed by atoms with Crippen LogP contribution in [0.2, 0.25) is 0 Å². The van der Waals surface area contributed by atoms with E-state index < -0.39 is 96.9 Å². The van der Waals surface area contributed by atoms with E-state index in [2.05, 4.69) is 54.5 Å². The van der Waals surface area contributed by atoms with Crippen LogP contribution in [-0.2, 0) is 28.5 Å². The van der Waals surface area contributed by atoms with Gasteiger partial charge in [0.25, 0.3) is 0 Å². The van der Waals surface area contributed by atoms with Gasteiger partial charge in [0, 0.05) is 0 Å². The third kappa shape index (κ3) is 6.17. The highest BCUT2D eigenvalue weighted by Crippen LogP contribution is 2.76. The zero-order valence-electron chi connectivity index (χ0n) is 34.0. The number of hydrogen-bond acceptors (Lipinski definition) is 13. The molecule has 7 rings (SSSR count). The fraction of sp³-hybridized carbons (Fsp3) is 0.905. The van der Waals surface area contributed by atoms with Crippen LogP contribution in [0, 0.1) is 50.2 Å². The summed E-state index contributed by atoms with van der Waals surface area (Å²) in [6.45, 7) is 15.5. The van der Waals surface area contributed by atoms with E-state index in [0.29, 0.717) is 25.2 Å². The van der Waals surface area contributed by atoms with Gasteiger partial charge in [-0.3, -0.25) is 4.79 Å². The lowest BCUT2D eigenvalue weighted by atomic mass is 9.33. The molecule has 2 saturated heterocycles. The van der Waals surface area contributed by atoms with Gasteiger partial charge in [-0.05, 0) is 109 Å². The zero-order valence-corrected chi connectivity index (χ0v) is 34.0. The quantitative estimate of drug-likeness (QED) is 0.110. The van der Waals surface area contributed by atoms with Crippen molar-refractivity contribution in [3.05, 3.63) is 11.6 Å². The number of carboxylic acids is 1. The molecule has 6 fully saturated rings. The van der Waals surface area contributed by atoms with Gasteiger partial charge in [0.05, 0.1) is 18.1 Å². The van der Waals surface area contributed by atoms with E-state index in [1.165, 1.54) is 5.57 Å². The fourth-order valence-corrected chi connectivity index (χ4v) is 13.5. The second-order valence-electron chi connectivity index (χ2n) is 20.7. The van der Waals surface area contributed by atoms with Crippen molar-refractivity contribution < 1.29 is 69.4 Å². The van der Waals surface area contributed by atoms with Crippen LogP contribution >= 0.6 is 0 Å². The molecule has 7 aliphatic rings. The van der Waals surface area contributed by atoms with Crippen LogP contribution in [0.15, 0.2) is 11.6 Å². The Morgan fingerprint density at radius 1 is 0.750 bits per heavy atom. The maximum atomic E-state index is 14.6. The lowest BCUT2D eigenvalue weighted by molar-refractivity contribution is -0.324. The van der Waals surface area contributed by atoms with Gasteiger partial charge < -0.3 is 59.8 Å². The van der Waals surface area contributed by atoms with Crippen LogP contribution in [0.1, 0.15) is 113 Å². The van der Waals surface area contributed by atoms with Crippen LogP contribution in [0.25, 0.3) is 0 Å². The van der Waals surface area contributed by atoms with Gasteiger partial charge in [-0.2, -0.15) is 0 Å². The Kier molecular flexibility index (Phi) is 10.8. The van der Waals surface area contributed by atoms with Gasteiger partial charge >= 0.3 is 11.9 Å².